The van der Waals surface area contributed by atoms with Crippen LogP contribution in [0.2, 0.25) is 0 Å². The first kappa shape index (κ1) is 21.2. The molecule has 31 heavy (non-hydrogen) atoms. The van der Waals surface area contributed by atoms with Crippen molar-refractivity contribution in [2.24, 2.45) is 0 Å². The van der Waals surface area contributed by atoms with Crippen LogP contribution in [0, 0.1) is 6.92 Å². The summed E-state index contributed by atoms with van der Waals surface area (Å²) in [4.78, 5) is 9.43. The van der Waals surface area contributed by atoms with Gasteiger partial charge in [-0.1, -0.05) is 41.6 Å². The first-order valence-corrected chi connectivity index (χ1v) is 11.8. The van der Waals surface area contributed by atoms with Crippen LogP contribution in [0.5, 0.6) is 11.9 Å². The number of rotatable bonds is 6. The Morgan fingerprint density at radius 1 is 1.06 bits per heavy atom. The monoisotopic (exact) mass is 455 g/mol. The zero-order chi connectivity index (χ0) is 22.0. The van der Waals surface area contributed by atoms with Crippen molar-refractivity contribution in [1.82, 2.24) is 9.97 Å². The molecule has 0 bridgehead atoms. The molecule has 1 aromatic heterocycles. The summed E-state index contributed by atoms with van der Waals surface area (Å²) in [6.07, 6.45) is 5.15. The predicted molar refractivity (Wildman–Crippen MR) is 121 cm³/mol. The molecular formula is C22H21N3O4S2. The van der Waals surface area contributed by atoms with Gasteiger partial charge in [-0.25, -0.2) is 17.7 Å². The Balaban J connectivity index is 1.74. The van der Waals surface area contributed by atoms with Crippen molar-refractivity contribution >= 4 is 33.5 Å². The Morgan fingerprint density at radius 2 is 1.81 bits per heavy atom. The summed E-state index contributed by atoms with van der Waals surface area (Å²) in [5.41, 5.74) is 2.27. The quantitative estimate of drug-likeness (QED) is 0.552. The molecule has 9 heteroatoms. The molecule has 2 heterocycles. The average molecular weight is 456 g/mol. The molecule has 0 saturated heterocycles. The number of nitrogens with zero attached hydrogens (tertiary/aromatic N) is 3. The van der Waals surface area contributed by atoms with Crippen LogP contribution in [0.4, 0.5) is 5.69 Å². The molecule has 2 aromatic carbocycles. The van der Waals surface area contributed by atoms with Crippen LogP contribution in [0.25, 0.3) is 6.08 Å². The van der Waals surface area contributed by atoms with E-state index in [0.717, 1.165) is 10.5 Å². The molecule has 1 atom stereocenters. The highest BCUT2D eigenvalue weighted by atomic mass is 32.2. The molecule has 0 radical (unpaired) electrons. The molecule has 1 unspecified atom stereocenters. The lowest BCUT2D eigenvalue weighted by Crippen LogP contribution is -2.34. The molecule has 0 spiro atoms. The van der Waals surface area contributed by atoms with Gasteiger partial charge < -0.3 is 9.47 Å². The fourth-order valence-corrected chi connectivity index (χ4v) is 6.25. The molecule has 4 rings (SSSR count). The Labute approximate surface area is 185 Å². The molecule has 160 valence electrons. The number of thioether (sulfide) groups is 1. The zero-order valence-electron chi connectivity index (χ0n) is 17.2. The van der Waals surface area contributed by atoms with Crippen molar-refractivity contribution in [1.29, 1.82) is 0 Å². The molecule has 0 amide bonds. The van der Waals surface area contributed by atoms with Gasteiger partial charge in [-0.05, 0) is 43.3 Å². The number of methoxy groups -OCH3 is 2. The van der Waals surface area contributed by atoms with Crippen LogP contribution in [-0.4, -0.2) is 38.0 Å². The van der Waals surface area contributed by atoms with Gasteiger partial charge in [-0.3, -0.25) is 0 Å². The maximum absolute atomic E-state index is 13.5. The maximum atomic E-state index is 13.5. The largest absolute Gasteiger partial charge is 0.480 e. The van der Waals surface area contributed by atoms with E-state index in [1.165, 1.54) is 30.3 Å². The van der Waals surface area contributed by atoms with Crippen LogP contribution in [-0.2, 0) is 10.0 Å². The zero-order valence-corrected chi connectivity index (χ0v) is 18.9. The lowest BCUT2D eigenvalue weighted by molar-refractivity contribution is 0.351. The summed E-state index contributed by atoms with van der Waals surface area (Å²) in [7, 11) is -0.786. The second-order valence-electron chi connectivity index (χ2n) is 6.77. The van der Waals surface area contributed by atoms with Gasteiger partial charge in [0.05, 0.1) is 30.4 Å². The third kappa shape index (κ3) is 4.11. The number of hydrogen-bond acceptors (Lipinski definition) is 7. The molecule has 1 aliphatic rings. The number of ether oxygens (including phenoxy) is 2. The minimum absolute atomic E-state index is 0.195. The highest BCUT2D eigenvalue weighted by molar-refractivity contribution is 8.03. The molecular weight excluding hydrogens is 434 g/mol. The van der Waals surface area contributed by atoms with Gasteiger partial charge in [0.15, 0.2) is 0 Å². The van der Waals surface area contributed by atoms with Crippen molar-refractivity contribution < 1.29 is 17.9 Å². The maximum Gasteiger partial charge on any atom is 0.319 e. The van der Waals surface area contributed by atoms with Crippen LogP contribution < -0.4 is 13.8 Å². The van der Waals surface area contributed by atoms with Crippen LogP contribution in [0.15, 0.2) is 70.6 Å². The van der Waals surface area contributed by atoms with Crippen molar-refractivity contribution in [3.05, 3.63) is 71.9 Å². The summed E-state index contributed by atoms with van der Waals surface area (Å²) in [5.74, 6) is 0.344. The van der Waals surface area contributed by atoms with Gasteiger partial charge in [0, 0.05) is 11.1 Å². The number of anilines is 1. The molecule has 0 aliphatic carbocycles. The topological polar surface area (TPSA) is 81.6 Å². The minimum atomic E-state index is -3.77. The second-order valence-corrected chi connectivity index (χ2v) is 9.74. The van der Waals surface area contributed by atoms with E-state index in [0.29, 0.717) is 17.1 Å². The number of hydrogen-bond donors (Lipinski definition) is 0. The van der Waals surface area contributed by atoms with Crippen molar-refractivity contribution in [3.63, 3.8) is 0 Å². The number of sulfonamides is 1. The average Bonchev–Trinajstić information content (AvgIpc) is 3.17. The molecule has 7 nitrogen and oxygen atoms in total. The minimum Gasteiger partial charge on any atom is -0.480 e. The van der Waals surface area contributed by atoms with E-state index in [1.807, 2.05) is 37.3 Å². The third-order valence-corrected chi connectivity index (χ3v) is 7.89. The lowest BCUT2D eigenvalue weighted by Gasteiger charge is -2.24. The first-order chi connectivity index (χ1) is 14.9. The lowest BCUT2D eigenvalue weighted by atomic mass is 10.2. The van der Waals surface area contributed by atoms with E-state index in [9.17, 15) is 8.42 Å². The fraction of sp³-hybridized carbons (Fsp3) is 0.182. The molecule has 0 saturated carbocycles. The van der Waals surface area contributed by atoms with Gasteiger partial charge in [0.1, 0.15) is 5.37 Å². The summed E-state index contributed by atoms with van der Waals surface area (Å²) >= 11 is 1.46. The SMILES string of the molecule is COc1ncc(/C=C/C2Sc3ccccc3N2S(=O)(=O)c2ccc(C)cc2)c(OC)n1. The Kier molecular flexibility index (Phi) is 5.88. The summed E-state index contributed by atoms with van der Waals surface area (Å²) in [6.45, 7) is 1.92. The molecule has 0 N–H and O–H groups in total. The van der Waals surface area contributed by atoms with E-state index in [2.05, 4.69) is 9.97 Å². The van der Waals surface area contributed by atoms with E-state index in [-0.39, 0.29) is 10.9 Å². The summed E-state index contributed by atoms with van der Waals surface area (Å²) in [6, 6.07) is 14.5. The van der Waals surface area contributed by atoms with Gasteiger partial charge in [-0.2, -0.15) is 4.98 Å². The Bertz CT molecular complexity index is 1230. The van der Waals surface area contributed by atoms with Crippen LogP contribution >= 0.6 is 11.8 Å². The summed E-state index contributed by atoms with van der Waals surface area (Å²) in [5, 5.41) is -0.476. The smallest absolute Gasteiger partial charge is 0.319 e. The number of aryl methyl sites for hydroxylation is 1. The van der Waals surface area contributed by atoms with E-state index in [4.69, 9.17) is 9.47 Å². The standard InChI is InChI=1S/C22H21N3O4S2/c1-15-8-11-17(12-9-15)31(26,27)25-18-6-4-5-7-19(18)30-20(25)13-10-16-14-23-22(29-3)24-21(16)28-2/h4-14,20H,1-3H3/b13-10+. The number of benzene rings is 2. The fourth-order valence-electron chi connectivity index (χ4n) is 3.18. The van der Waals surface area contributed by atoms with Crippen LogP contribution in [0.3, 0.4) is 0 Å². The molecule has 1 aliphatic heterocycles. The van der Waals surface area contributed by atoms with E-state index >= 15 is 0 Å². The van der Waals surface area contributed by atoms with Crippen molar-refractivity contribution in [2.45, 2.75) is 22.1 Å². The third-order valence-electron chi connectivity index (χ3n) is 4.73. The van der Waals surface area contributed by atoms with Crippen LogP contribution in [0.1, 0.15) is 11.1 Å². The number of aromatic nitrogens is 2. The molecule has 0 fully saturated rings. The summed E-state index contributed by atoms with van der Waals surface area (Å²) < 4.78 is 38.9. The Hall–Kier alpha value is -3.04. The van der Waals surface area contributed by atoms with Gasteiger partial charge in [0.2, 0.25) is 5.88 Å². The molecule has 3 aromatic rings. The highest BCUT2D eigenvalue weighted by Gasteiger charge is 2.37. The van der Waals surface area contributed by atoms with E-state index in [1.54, 1.807) is 36.5 Å². The first-order valence-electron chi connectivity index (χ1n) is 9.44. The number of fused-ring (bicyclic) bond motifs is 1. The number of para-hydroxylation sites is 1. The second kappa shape index (κ2) is 8.60. The highest BCUT2D eigenvalue weighted by Crippen LogP contribution is 2.46. The van der Waals surface area contributed by atoms with Gasteiger partial charge >= 0.3 is 6.01 Å². The van der Waals surface area contributed by atoms with Gasteiger partial charge in [0.25, 0.3) is 10.0 Å². The normalized spacial score (nSPS) is 15.8. The van der Waals surface area contributed by atoms with Crippen molar-refractivity contribution in [2.75, 3.05) is 18.5 Å². The Morgan fingerprint density at radius 3 is 2.52 bits per heavy atom. The van der Waals surface area contributed by atoms with E-state index < -0.39 is 15.4 Å². The predicted octanol–water partition coefficient (Wildman–Crippen LogP) is 4.14. The van der Waals surface area contributed by atoms with Gasteiger partial charge in [-0.15, -0.1) is 0 Å². The van der Waals surface area contributed by atoms with Crippen molar-refractivity contribution in [3.8, 4) is 11.9 Å².